The maximum Gasteiger partial charge on any atom is 0.340 e. The summed E-state index contributed by atoms with van der Waals surface area (Å²) in [5.41, 5.74) is 3.48. The third kappa shape index (κ3) is 4.75. The fraction of sp³-hybridized carbons (Fsp3) is 0.350. The number of hydrogen-bond donors (Lipinski definition) is 2. The number of esters is 1. The Hall–Kier alpha value is -3.09. The van der Waals surface area contributed by atoms with Crippen LogP contribution in [0.5, 0.6) is 0 Å². The highest BCUT2D eigenvalue weighted by Crippen LogP contribution is 2.20. The molecule has 0 saturated carbocycles. The standard InChI is InChI=1S/C20H25N3O4/c1-6-27-20(26)17-13(3)18(21-14(17)4)19(25)23(5)11-16(24)22-15-9-7-12(2)8-10-15/h7-10,21H,6,11H2,1-5H3,(H,22,24). The molecule has 2 rings (SSSR count). The molecule has 0 unspecified atom stereocenters. The Balaban J connectivity index is 2.08. The van der Waals surface area contributed by atoms with Gasteiger partial charge < -0.3 is 19.9 Å². The van der Waals surface area contributed by atoms with Crippen LogP contribution in [-0.4, -0.2) is 47.9 Å². The number of aromatic amines is 1. The number of benzene rings is 1. The second kappa shape index (κ2) is 8.53. The quantitative estimate of drug-likeness (QED) is 0.764. The van der Waals surface area contributed by atoms with Crippen LogP contribution in [0, 0.1) is 20.8 Å². The van der Waals surface area contributed by atoms with E-state index in [2.05, 4.69) is 10.3 Å². The van der Waals surface area contributed by atoms with E-state index in [9.17, 15) is 14.4 Å². The smallest absolute Gasteiger partial charge is 0.340 e. The van der Waals surface area contributed by atoms with Crippen LogP contribution in [-0.2, 0) is 9.53 Å². The SMILES string of the molecule is CCOC(=O)c1c(C)[nH]c(C(=O)N(C)CC(=O)Nc2ccc(C)cc2)c1C. The number of likely N-dealkylation sites (N-methyl/N-ethyl adjacent to an activating group) is 1. The van der Waals surface area contributed by atoms with E-state index in [1.807, 2.05) is 19.1 Å². The van der Waals surface area contributed by atoms with Crippen LogP contribution < -0.4 is 5.32 Å². The van der Waals surface area contributed by atoms with Gasteiger partial charge in [0.2, 0.25) is 5.91 Å². The molecule has 0 fully saturated rings. The van der Waals surface area contributed by atoms with Gasteiger partial charge in [-0.15, -0.1) is 0 Å². The van der Waals surface area contributed by atoms with E-state index in [0.29, 0.717) is 22.5 Å². The van der Waals surface area contributed by atoms with Gasteiger partial charge in [-0.05, 0) is 45.4 Å². The van der Waals surface area contributed by atoms with Crippen molar-refractivity contribution >= 4 is 23.5 Å². The molecule has 1 aromatic heterocycles. The predicted octanol–water partition coefficient (Wildman–Crippen LogP) is 2.83. The van der Waals surface area contributed by atoms with Gasteiger partial charge >= 0.3 is 5.97 Å². The van der Waals surface area contributed by atoms with Gasteiger partial charge in [0.1, 0.15) is 5.69 Å². The van der Waals surface area contributed by atoms with Crippen LogP contribution in [0.25, 0.3) is 0 Å². The third-order valence-electron chi connectivity index (χ3n) is 4.19. The number of aryl methyl sites for hydroxylation is 2. The molecule has 0 aliphatic carbocycles. The Morgan fingerprint density at radius 3 is 2.33 bits per heavy atom. The monoisotopic (exact) mass is 371 g/mol. The molecule has 0 bridgehead atoms. The first-order valence-corrected chi connectivity index (χ1v) is 8.72. The van der Waals surface area contributed by atoms with Crippen LogP contribution in [0.1, 0.15) is 44.6 Å². The minimum atomic E-state index is -0.470. The molecule has 0 spiro atoms. The van der Waals surface area contributed by atoms with Crippen LogP contribution in [0.4, 0.5) is 5.69 Å². The van der Waals surface area contributed by atoms with Crippen LogP contribution >= 0.6 is 0 Å². The Bertz CT molecular complexity index is 853. The van der Waals surface area contributed by atoms with Gasteiger partial charge in [0.15, 0.2) is 0 Å². The van der Waals surface area contributed by atoms with Crippen molar-refractivity contribution in [2.45, 2.75) is 27.7 Å². The summed E-state index contributed by atoms with van der Waals surface area (Å²) in [6, 6.07) is 7.40. The van der Waals surface area contributed by atoms with Gasteiger partial charge in [0.05, 0.1) is 18.7 Å². The number of carbonyl (C=O) groups excluding carboxylic acids is 3. The van der Waals surface area contributed by atoms with E-state index >= 15 is 0 Å². The zero-order chi connectivity index (χ0) is 20.1. The highest BCUT2D eigenvalue weighted by Gasteiger charge is 2.25. The molecule has 2 N–H and O–H groups in total. The molecule has 7 nitrogen and oxygen atoms in total. The third-order valence-corrected chi connectivity index (χ3v) is 4.19. The van der Waals surface area contributed by atoms with E-state index < -0.39 is 5.97 Å². The molecule has 27 heavy (non-hydrogen) atoms. The number of H-pyrrole nitrogens is 1. The molecule has 1 heterocycles. The Labute approximate surface area is 158 Å². The Kier molecular flexibility index (Phi) is 6.39. The lowest BCUT2D eigenvalue weighted by molar-refractivity contribution is -0.116. The molecule has 1 aromatic carbocycles. The number of hydrogen-bond acceptors (Lipinski definition) is 4. The predicted molar refractivity (Wildman–Crippen MR) is 103 cm³/mol. The second-order valence-electron chi connectivity index (χ2n) is 6.42. The van der Waals surface area contributed by atoms with Crippen molar-refractivity contribution in [3.8, 4) is 0 Å². The summed E-state index contributed by atoms with van der Waals surface area (Å²) in [6.45, 7) is 7.22. The number of nitrogens with zero attached hydrogens (tertiary/aromatic N) is 1. The average Bonchev–Trinajstić information content (AvgIpc) is 2.90. The first kappa shape index (κ1) is 20.2. The number of anilines is 1. The van der Waals surface area contributed by atoms with E-state index in [1.54, 1.807) is 32.9 Å². The lowest BCUT2D eigenvalue weighted by Gasteiger charge is -2.17. The number of ether oxygens (including phenoxy) is 1. The molecule has 7 heteroatoms. The number of amides is 2. The highest BCUT2D eigenvalue weighted by atomic mass is 16.5. The molecular weight excluding hydrogens is 346 g/mol. The average molecular weight is 371 g/mol. The summed E-state index contributed by atoms with van der Waals surface area (Å²) < 4.78 is 5.03. The number of nitrogens with one attached hydrogen (secondary N) is 2. The molecular formula is C20H25N3O4. The van der Waals surface area contributed by atoms with Crippen molar-refractivity contribution < 1.29 is 19.1 Å². The summed E-state index contributed by atoms with van der Waals surface area (Å²) in [7, 11) is 1.54. The molecule has 0 radical (unpaired) electrons. The lowest BCUT2D eigenvalue weighted by atomic mass is 10.1. The summed E-state index contributed by atoms with van der Waals surface area (Å²) in [5.74, 6) is -1.14. The molecule has 2 amide bonds. The number of rotatable bonds is 6. The molecule has 2 aromatic rings. The number of carbonyl (C=O) groups is 3. The normalized spacial score (nSPS) is 10.4. The minimum Gasteiger partial charge on any atom is -0.462 e. The summed E-state index contributed by atoms with van der Waals surface area (Å²) in [6.07, 6.45) is 0. The Morgan fingerprint density at radius 2 is 1.74 bits per heavy atom. The first-order valence-electron chi connectivity index (χ1n) is 8.72. The van der Waals surface area contributed by atoms with Gasteiger partial charge in [-0.2, -0.15) is 0 Å². The van der Waals surface area contributed by atoms with Gasteiger partial charge in [0.25, 0.3) is 5.91 Å². The lowest BCUT2D eigenvalue weighted by Crippen LogP contribution is -2.35. The van der Waals surface area contributed by atoms with E-state index in [-0.39, 0.29) is 30.7 Å². The molecule has 0 aliphatic heterocycles. The number of aromatic nitrogens is 1. The van der Waals surface area contributed by atoms with Crippen molar-refractivity contribution in [1.82, 2.24) is 9.88 Å². The van der Waals surface area contributed by atoms with E-state index in [4.69, 9.17) is 4.74 Å². The topological polar surface area (TPSA) is 91.5 Å². The Morgan fingerprint density at radius 1 is 1.11 bits per heavy atom. The van der Waals surface area contributed by atoms with Crippen molar-refractivity contribution in [3.05, 3.63) is 52.3 Å². The highest BCUT2D eigenvalue weighted by molar-refractivity contribution is 6.02. The molecule has 0 saturated heterocycles. The van der Waals surface area contributed by atoms with E-state index in [0.717, 1.165) is 5.56 Å². The van der Waals surface area contributed by atoms with Crippen molar-refractivity contribution in [1.29, 1.82) is 0 Å². The minimum absolute atomic E-state index is 0.112. The zero-order valence-electron chi connectivity index (χ0n) is 16.3. The van der Waals surface area contributed by atoms with Gasteiger partial charge in [0, 0.05) is 18.4 Å². The zero-order valence-corrected chi connectivity index (χ0v) is 16.3. The fourth-order valence-corrected chi connectivity index (χ4v) is 2.79. The molecule has 0 atom stereocenters. The fourth-order valence-electron chi connectivity index (χ4n) is 2.79. The maximum atomic E-state index is 12.7. The van der Waals surface area contributed by atoms with E-state index in [1.165, 1.54) is 11.9 Å². The maximum absolute atomic E-state index is 12.7. The van der Waals surface area contributed by atoms with Gasteiger partial charge in [-0.25, -0.2) is 4.79 Å². The summed E-state index contributed by atoms with van der Waals surface area (Å²) in [4.78, 5) is 41.2. The van der Waals surface area contributed by atoms with Crippen molar-refractivity contribution in [2.75, 3.05) is 25.5 Å². The van der Waals surface area contributed by atoms with Gasteiger partial charge in [-0.3, -0.25) is 9.59 Å². The molecule has 144 valence electrons. The van der Waals surface area contributed by atoms with Gasteiger partial charge in [-0.1, -0.05) is 17.7 Å². The van der Waals surface area contributed by atoms with Crippen molar-refractivity contribution in [3.63, 3.8) is 0 Å². The van der Waals surface area contributed by atoms with Crippen LogP contribution in [0.3, 0.4) is 0 Å². The second-order valence-corrected chi connectivity index (χ2v) is 6.42. The first-order chi connectivity index (χ1) is 12.7. The molecule has 0 aliphatic rings. The largest absolute Gasteiger partial charge is 0.462 e. The van der Waals surface area contributed by atoms with Crippen molar-refractivity contribution in [2.24, 2.45) is 0 Å². The van der Waals surface area contributed by atoms with Crippen LogP contribution in [0.2, 0.25) is 0 Å². The van der Waals surface area contributed by atoms with Crippen LogP contribution in [0.15, 0.2) is 24.3 Å². The summed E-state index contributed by atoms with van der Waals surface area (Å²) in [5, 5.41) is 2.76. The summed E-state index contributed by atoms with van der Waals surface area (Å²) >= 11 is 0.